The van der Waals surface area contributed by atoms with Crippen LogP contribution in [0.15, 0.2) is 77.7 Å². The topological polar surface area (TPSA) is 49.4 Å². The molecule has 6 heteroatoms. The second kappa shape index (κ2) is 10.0. The summed E-state index contributed by atoms with van der Waals surface area (Å²) in [4.78, 5) is 28.2. The summed E-state index contributed by atoms with van der Waals surface area (Å²) < 4.78 is 0. The van der Waals surface area contributed by atoms with Gasteiger partial charge in [-0.3, -0.25) is 9.59 Å². The molecule has 3 aromatic rings. The maximum absolute atomic E-state index is 12.8. The van der Waals surface area contributed by atoms with E-state index in [9.17, 15) is 9.59 Å². The number of nitrogens with zero attached hydrogens (tertiary/aromatic N) is 1. The predicted octanol–water partition coefficient (Wildman–Crippen LogP) is 4.99. The molecule has 0 radical (unpaired) electrons. The zero-order chi connectivity index (χ0) is 21.6. The van der Waals surface area contributed by atoms with Crippen molar-refractivity contribution < 1.29 is 9.59 Å². The number of hydrogen-bond acceptors (Lipinski definition) is 3. The molecule has 0 spiro atoms. The first-order valence-electron chi connectivity index (χ1n) is 10.2. The molecule has 0 aromatic heterocycles. The molecular formula is C25H23ClN2O2S. The van der Waals surface area contributed by atoms with Crippen LogP contribution < -0.4 is 10.2 Å². The second-order valence-electron chi connectivity index (χ2n) is 7.34. The molecular weight excluding hydrogens is 428 g/mol. The van der Waals surface area contributed by atoms with Crippen LogP contribution in [0.2, 0.25) is 5.02 Å². The van der Waals surface area contributed by atoms with Gasteiger partial charge in [0.05, 0.1) is 11.3 Å². The Morgan fingerprint density at radius 3 is 2.68 bits per heavy atom. The van der Waals surface area contributed by atoms with E-state index in [-0.39, 0.29) is 11.8 Å². The molecule has 0 atom stereocenters. The van der Waals surface area contributed by atoms with Crippen LogP contribution in [0.25, 0.3) is 0 Å². The van der Waals surface area contributed by atoms with Gasteiger partial charge in [0.25, 0.3) is 5.91 Å². The standard InChI is InChI=1S/C25H23ClN2O2S/c26-20-8-5-6-18(16-20)12-14-27-25(30)21-9-2-4-11-23(21)31-17-24(29)28-15-13-19-7-1-3-10-22(19)28/h1-11,16H,12-15,17H2,(H,27,30). The van der Waals surface area contributed by atoms with Crippen molar-refractivity contribution in [2.45, 2.75) is 17.7 Å². The molecule has 0 saturated carbocycles. The maximum atomic E-state index is 12.8. The minimum Gasteiger partial charge on any atom is -0.352 e. The zero-order valence-electron chi connectivity index (χ0n) is 17.0. The molecule has 1 heterocycles. The van der Waals surface area contributed by atoms with Gasteiger partial charge < -0.3 is 10.2 Å². The van der Waals surface area contributed by atoms with Crippen molar-refractivity contribution in [3.8, 4) is 0 Å². The van der Waals surface area contributed by atoms with Crippen molar-refractivity contribution in [1.29, 1.82) is 0 Å². The van der Waals surface area contributed by atoms with Crippen LogP contribution in [0.5, 0.6) is 0 Å². The summed E-state index contributed by atoms with van der Waals surface area (Å²) in [5.41, 5.74) is 3.88. The first-order chi connectivity index (χ1) is 15.1. The van der Waals surface area contributed by atoms with E-state index in [0.29, 0.717) is 35.8 Å². The quantitative estimate of drug-likeness (QED) is 0.515. The number of carbonyl (C=O) groups is 2. The third kappa shape index (κ3) is 5.30. The van der Waals surface area contributed by atoms with E-state index < -0.39 is 0 Å². The summed E-state index contributed by atoms with van der Waals surface area (Å²) in [7, 11) is 0. The summed E-state index contributed by atoms with van der Waals surface area (Å²) >= 11 is 7.42. The average Bonchev–Trinajstić information content (AvgIpc) is 3.22. The van der Waals surface area contributed by atoms with Gasteiger partial charge in [0.15, 0.2) is 0 Å². The molecule has 0 fully saturated rings. The fourth-order valence-electron chi connectivity index (χ4n) is 3.70. The summed E-state index contributed by atoms with van der Waals surface area (Å²) in [5.74, 6) is 0.219. The van der Waals surface area contributed by atoms with Crippen LogP contribution >= 0.6 is 23.4 Å². The third-order valence-corrected chi connectivity index (χ3v) is 6.55. The molecule has 0 unspecified atom stereocenters. The molecule has 1 aliphatic rings. The van der Waals surface area contributed by atoms with E-state index in [1.165, 1.54) is 17.3 Å². The lowest BCUT2D eigenvalue weighted by molar-refractivity contribution is -0.116. The predicted molar refractivity (Wildman–Crippen MR) is 127 cm³/mol. The lowest BCUT2D eigenvalue weighted by Gasteiger charge is -2.17. The molecule has 1 aliphatic heterocycles. The number of fused-ring (bicyclic) bond motifs is 1. The van der Waals surface area contributed by atoms with Gasteiger partial charge in [-0.15, -0.1) is 11.8 Å². The van der Waals surface area contributed by atoms with E-state index in [2.05, 4.69) is 11.4 Å². The number of anilines is 1. The molecule has 3 aromatic carbocycles. The van der Waals surface area contributed by atoms with Crippen molar-refractivity contribution in [2.75, 3.05) is 23.7 Å². The van der Waals surface area contributed by atoms with Gasteiger partial charge in [0, 0.05) is 28.7 Å². The minimum absolute atomic E-state index is 0.0612. The molecule has 0 bridgehead atoms. The number of halogens is 1. The summed E-state index contributed by atoms with van der Waals surface area (Å²) in [6, 6.07) is 23.1. The Balaban J connectivity index is 1.35. The van der Waals surface area contributed by atoms with Crippen LogP contribution in [0.3, 0.4) is 0 Å². The van der Waals surface area contributed by atoms with Gasteiger partial charge in [-0.05, 0) is 54.3 Å². The summed E-state index contributed by atoms with van der Waals surface area (Å²) in [6.45, 7) is 1.23. The molecule has 4 nitrogen and oxygen atoms in total. The molecule has 2 amide bonds. The van der Waals surface area contributed by atoms with Crippen molar-refractivity contribution >= 4 is 40.9 Å². The van der Waals surface area contributed by atoms with Crippen LogP contribution in [-0.2, 0) is 17.6 Å². The highest BCUT2D eigenvalue weighted by Crippen LogP contribution is 2.29. The van der Waals surface area contributed by atoms with Crippen LogP contribution in [-0.4, -0.2) is 30.7 Å². The Bertz CT molecular complexity index is 1100. The number of rotatable bonds is 7. The van der Waals surface area contributed by atoms with Crippen molar-refractivity contribution in [3.05, 3.63) is 94.5 Å². The molecule has 0 aliphatic carbocycles. The number of carbonyl (C=O) groups excluding carboxylic acids is 2. The lowest BCUT2D eigenvalue weighted by atomic mass is 10.1. The SMILES string of the molecule is O=C(NCCc1cccc(Cl)c1)c1ccccc1SCC(=O)N1CCc2ccccc21. The smallest absolute Gasteiger partial charge is 0.252 e. The highest BCUT2D eigenvalue weighted by Gasteiger charge is 2.24. The van der Waals surface area contributed by atoms with Gasteiger partial charge in [-0.1, -0.05) is 54.1 Å². The van der Waals surface area contributed by atoms with Crippen LogP contribution in [0.4, 0.5) is 5.69 Å². The normalized spacial score (nSPS) is 12.5. The molecule has 31 heavy (non-hydrogen) atoms. The number of amides is 2. The van der Waals surface area contributed by atoms with Gasteiger partial charge in [-0.2, -0.15) is 0 Å². The van der Waals surface area contributed by atoms with Crippen LogP contribution in [0, 0.1) is 0 Å². The Morgan fingerprint density at radius 2 is 1.81 bits per heavy atom. The molecule has 1 N–H and O–H groups in total. The number of benzene rings is 3. The van der Waals surface area contributed by atoms with E-state index in [0.717, 1.165) is 22.6 Å². The first-order valence-corrected chi connectivity index (χ1v) is 11.6. The number of hydrogen-bond donors (Lipinski definition) is 1. The highest BCUT2D eigenvalue weighted by atomic mass is 35.5. The lowest BCUT2D eigenvalue weighted by Crippen LogP contribution is -2.30. The van der Waals surface area contributed by atoms with Gasteiger partial charge in [-0.25, -0.2) is 0 Å². The van der Waals surface area contributed by atoms with Gasteiger partial charge in [0.2, 0.25) is 5.91 Å². The van der Waals surface area contributed by atoms with Crippen molar-refractivity contribution in [1.82, 2.24) is 5.32 Å². The second-order valence-corrected chi connectivity index (χ2v) is 8.80. The van der Waals surface area contributed by atoms with Crippen LogP contribution in [0.1, 0.15) is 21.5 Å². The Hall–Kier alpha value is -2.76. The van der Waals surface area contributed by atoms with E-state index >= 15 is 0 Å². The molecule has 0 saturated heterocycles. The van der Waals surface area contributed by atoms with Crippen molar-refractivity contribution in [3.63, 3.8) is 0 Å². The molecule has 158 valence electrons. The minimum atomic E-state index is -0.135. The maximum Gasteiger partial charge on any atom is 0.252 e. The Morgan fingerprint density at radius 1 is 1.00 bits per heavy atom. The summed E-state index contributed by atoms with van der Waals surface area (Å²) in [5, 5.41) is 3.66. The zero-order valence-corrected chi connectivity index (χ0v) is 18.6. The number of thioether (sulfide) groups is 1. The van der Waals surface area contributed by atoms with Gasteiger partial charge in [0.1, 0.15) is 0 Å². The average molecular weight is 451 g/mol. The fraction of sp³-hybridized carbons (Fsp3) is 0.200. The Labute approximate surface area is 191 Å². The number of nitrogens with one attached hydrogen (secondary N) is 1. The van der Waals surface area contributed by atoms with E-state index in [4.69, 9.17) is 11.6 Å². The van der Waals surface area contributed by atoms with Gasteiger partial charge >= 0.3 is 0 Å². The molecule has 4 rings (SSSR count). The van der Waals surface area contributed by atoms with Crippen molar-refractivity contribution in [2.24, 2.45) is 0 Å². The highest BCUT2D eigenvalue weighted by molar-refractivity contribution is 8.00. The first kappa shape index (κ1) is 21.5. The van der Waals surface area contributed by atoms with E-state index in [1.807, 2.05) is 65.6 Å². The largest absolute Gasteiger partial charge is 0.352 e. The number of para-hydroxylation sites is 1. The Kier molecular flexibility index (Phi) is 6.95. The summed E-state index contributed by atoms with van der Waals surface area (Å²) in [6.07, 6.45) is 1.59. The fourth-order valence-corrected chi connectivity index (χ4v) is 4.84. The van der Waals surface area contributed by atoms with E-state index in [1.54, 1.807) is 6.07 Å². The monoisotopic (exact) mass is 450 g/mol. The third-order valence-electron chi connectivity index (χ3n) is 5.26.